The molecule has 1 heterocycles. The van der Waals surface area contributed by atoms with Crippen LogP contribution in [0.25, 0.3) is 10.9 Å². The van der Waals surface area contributed by atoms with Crippen LogP contribution in [0.2, 0.25) is 5.02 Å². The minimum Gasteiger partial charge on any atom is -0.361 e. The molecule has 2 aromatic rings. The second-order valence-electron chi connectivity index (χ2n) is 5.17. The minimum atomic E-state index is -0.196. The quantitative estimate of drug-likeness (QED) is 0.910. The maximum atomic E-state index is 11.7. The van der Waals surface area contributed by atoms with E-state index in [1.807, 2.05) is 25.1 Å². The summed E-state index contributed by atoms with van der Waals surface area (Å²) >= 11 is 6.18. The highest BCUT2D eigenvalue weighted by Gasteiger charge is 2.13. The van der Waals surface area contributed by atoms with Gasteiger partial charge in [-0.05, 0) is 19.1 Å². The number of hydrogen-bond acceptors (Lipinski definition) is 4. The fourth-order valence-electron chi connectivity index (χ4n) is 1.98. The van der Waals surface area contributed by atoms with E-state index in [9.17, 15) is 4.79 Å². The lowest BCUT2D eigenvalue weighted by Crippen LogP contribution is -2.29. The molecule has 2 rings (SSSR count). The van der Waals surface area contributed by atoms with E-state index in [1.165, 1.54) is 4.90 Å². The summed E-state index contributed by atoms with van der Waals surface area (Å²) in [6.45, 7) is 2.04. The Morgan fingerprint density at radius 1 is 1.48 bits per heavy atom. The van der Waals surface area contributed by atoms with Crippen molar-refractivity contribution in [2.45, 2.75) is 13.0 Å². The van der Waals surface area contributed by atoms with Gasteiger partial charge in [0.05, 0.1) is 17.1 Å². The van der Waals surface area contributed by atoms with E-state index in [0.717, 1.165) is 10.9 Å². The molecule has 0 spiro atoms. The van der Waals surface area contributed by atoms with Crippen LogP contribution >= 0.6 is 11.6 Å². The van der Waals surface area contributed by atoms with Gasteiger partial charge in [-0.3, -0.25) is 4.79 Å². The number of nitrogens with zero attached hydrogens (tertiary/aromatic N) is 2. The minimum absolute atomic E-state index is 0.0355. The molecular formula is C15H19ClN4O. The third-order valence-corrected chi connectivity index (χ3v) is 3.53. The first-order valence-electron chi connectivity index (χ1n) is 6.69. The van der Waals surface area contributed by atoms with Crippen LogP contribution in [0.3, 0.4) is 0 Å². The molecule has 21 heavy (non-hydrogen) atoms. The van der Waals surface area contributed by atoms with Crippen LogP contribution in [0.5, 0.6) is 0 Å². The third kappa shape index (κ3) is 3.43. The number of benzene rings is 1. The van der Waals surface area contributed by atoms with Gasteiger partial charge in [0.25, 0.3) is 0 Å². The van der Waals surface area contributed by atoms with Crippen molar-refractivity contribution < 1.29 is 4.79 Å². The molecule has 0 unspecified atom stereocenters. The van der Waals surface area contributed by atoms with Crippen molar-refractivity contribution in [2.75, 3.05) is 26.0 Å². The van der Waals surface area contributed by atoms with Gasteiger partial charge in [-0.1, -0.05) is 23.7 Å². The summed E-state index contributed by atoms with van der Waals surface area (Å²) in [4.78, 5) is 17.8. The van der Waals surface area contributed by atoms with E-state index >= 15 is 0 Å². The molecule has 1 atom stereocenters. The molecule has 1 amide bonds. The molecule has 0 bridgehead atoms. The van der Waals surface area contributed by atoms with E-state index in [0.29, 0.717) is 16.4 Å². The Bertz CT molecular complexity index is 670. The second kappa shape index (κ2) is 6.28. The van der Waals surface area contributed by atoms with Gasteiger partial charge in [0, 0.05) is 31.1 Å². The Balaban J connectivity index is 2.42. The number of anilines is 1. The highest BCUT2D eigenvalue weighted by atomic mass is 35.5. The van der Waals surface area contributed by atoms with Crippen LogP contribution in [0.4, 0.5) is 5.82 Å². The van der Waals surface area contributed by atoms with Gasteiger partial charge in [0.2, 0.25) is 5.91 Å². The highest BCUT2D eigenvalue weighted by molar-refractivity contribution is 6.35. The molecule has 0 aliphatic rings. The SMILES string of the molecule is C[C@H](N)c1cc2cccc(Cl)c2nc1NCC(=O)N(C)C. The molecule has 0 radical (unpaired) electrons. The fraction of sp³-hybridized carbons (Fsp3) is 0.333. The van der Waals surface area contributed by atoms with Crippen LogP contribution in [0.15, 0.2) is 24.3 Å². The normalized spacial score (nSPS) is 12.2. The van der Waals surface area contributed by atoms with Crippen molar-refractivity contribution in [3.05, 3.63) is 34.9 Å². The van der Waals surface area contributed by atoms with Crippen molar-refractivity contribution in [1.82, 2.24) is 9.88 Å². The standard InChI is InChI=1S/C15H19ClN4O/c1-9(17)11-7-10-5-4-6-12(16)14(10)19-15(11)18-8-13(21)20(2)3/h4-7,9H,8,17H2,1-3H3,(H,18,19)/t9-/m0/s1. The van der Waals surface area contributed by atoms with Crippen molar-refractivity contribution in [3.8, 4) is 0 Å². The van der Waals surface area contributed by atoms with Crippen LogP contribution in [0, 0.1) is 0 Å². The third-order valence-electron chi connectivity index (χ3n) is 3.22. The van der Waals surface area contributed by atoms with Gasteiger partial charge < -0.3 is 16.0 Å². The number of aromatic nitrogens is 1. The van der Waals surface area contributed by atoms with E-state index < -0.39 is 0 Å². The molecule has 5 nitrogen and oxygen atoms in total. The Morgan fingerprint density at radius 2 is 2.19 bits per heavy atom. The van der Waals surface area contributed by atoms with Gasteiger partial charge in [0.15, 0.2) is 0 Å². The number of pyridine rings is 1. The molecule has 1 aromatic heterocycles. The van der Waals surface area contributed by atoms with Crippen LogP contribution < -0.4 is 11.1 Å². The topological polar surface area (TPSA) is 71.2 Å². The summed E-state index contributed by atoms with van der Waals surface area (Å²) in [6, 6.07) is 7.37. The smallest absolute Gasteiger partial charge is 0.241 e. The second-order valence-corrected chi connectivity index (χ2v) is 5.58. The number of carbonyl (C=O) groups is 1. The molecule has 0 fully saturated rings. The van der Waals surface area contributed by atoms with E-state index in [1.54, 1.807) is 20.2 Å². The molecule has 1 aromatic carbocycles. The lowest BCUT2D eigenvalue weighted by Gasteiger charge is -2.16. The van der Waals surface area contributed by atoms with E-state index in [2.05, 4.69) is 10.3 Å². The van der Waals surface area contributed by atoms with Crippen molar-refractivity contribution in [1.29, 1.82) is 0 Å². The van der Waals surface area contributed by atoms with Crippen LogP contribution in [0.1, 0.15) is 18.5 Å². The van der Waals surface area contributed by atoms with Crippen molar-refractivity contribution >= 4 is 34.2 Å². The number of fused-ring (bicyclic) bond motifs is 1. The van der Waals surface area contributed by atoms with Gasteiger partial charge in [0.1, 0.15) is 5.82 Å². The van der Waals surface area contributed by atoms with Crippen molar-refractivity contribution in [2.24, 2.45) is 5.73 Å². The summed E-state index contributed by atoms with van der Waals surface area (Å²) in [5.74, 6) is 0.562. The zero-order valence-corrected chi connectivity index (χ0v) is 13.1. The number of halogens is 1. The largest absolute Gasteiger partial charge is 0.361 e. The predicted molar refractivity (Wildman–Crippen MR) is 86.5 cm³/mol. The zero-order valence-electron chi connectivity index (χ0n) is 12.4. The number of nitrogens with two attached hydrogens (primary N) is 1. The number of carbonyl (C=O) groups excluding carboxylic acids is 1. The summed E-state index contributed by atoms with van der Waals surface area (Å²) in [5, 5.41) is 4.56. The predicted octanol–water partition coefficient (Wildman–Crippen LogP) is 2.41. The molecule has 112 valence electrons. The molecule has 0 aliphatic heterocycles. The van der Waals surface area contributed by atoms with Crippen LogP contribution in [-0.2, 0) is 4.79 Å². The summed E-state index contributed by atoms with van der Waals surface area (Å²) in [7, 11) is 3.42. The Labute approximate surface area is 129 Å². The van der Waals surface area contributed by atoms with Crippen LogP contribution in [-0.4, -0.2) is 36.4 Å². The first kappa shape index (κ1) is 15.5. The van der Waals surface area contributed by atoms with Gasteiger partial charge >= 0.3 is 0 Å². The average molecular weight is 307 g/mol. The first-order valence-corrected chi connectivity index (χ1v) is 7.06. The lowest BCUT2D eigenvalue weighted by atomic mass is 10.1. The number of nitrogens with one attached hydrogen (secondary N) is 1. The average Bonchev–Trinajstić information content (AvgIpc) is 2.44. The monoisotopic (exact) mass is 306 g/mol. The summed E-state index contributed by atoms with van der Waals surface area (Å²) in [6.07, 6.45) is 0. The number of rotatable bonds is 4. The van der Waals surface area contributed by atoms with Gasteiger partial charge in [-0.25, -0.2) is 4.98 Å². The maximum Gasteiger partial charge on any atom is 0.241 e. The van der Waals surface area contributed by atoms with E-state index in [-0.39, 0.29) is 18.5 Å². The Morgan fingerprint density at radius 3 is 2.81 bits per heavy atom. The van der Waals surface area contributed by atoms with Gasteiger partial charge in [-0.2, -0.15) is 0 Å². The molecular weight excluding hydrogens is 288 g/mol. The number of amides is 1. The number of likely N-dealkylation sites (N-methyl/N-ethyl adjacent to an activating group) is 1. The summed E-state index contributed by atoms with van der Waals surface area (Å²) < 4.78 is 0. The fourth-order valence-corrected chi connectivity index (χ4v) is 2.21. The Hall–Kier alpha value is -1.85. The molecule has 0 saturated carbocycles. The maximum absolute atomic E-state index is 11.7. The molecule has 3 N–H and O–H groups in total. The van der Waals surface area contributed by atoms with Gasteiger partial charge in [-0.15, -0.1) is 0 Å². The highest BCUT2D eigenvalue weighted by Crippen LogP contribution is 2.28. The zero-order chi connectivity index (χ0) is 15.6. The summed E-state index contributed by atoms with van der Waals surface area (Å²) in [5.41, 5.74) is 7.56. The Kier molecular flexibility index (Phi) is 4.65. The molecule has 0 saturated heterocycles. The number of hydrogen-bond donors (Lipinski definition) is 2. The lowest BCUT2D eigenvalue weighted by molar-refractivity contribution is -0.126. The number of para-hydroxylation sites is 1. The molecule has 6 heteroatoms. The van der Waals surface area contributed by atoms with E-state index in [4.69, 9.17) is 17.3 Å². The molecule has 0 aliphatic carbocycles. The first-order chi connectivity index (χ1) is 9.90. The van der Waals surface area contributed by atoms with Crippen molar-refractivity contribution in [3.63, 3.8) is 0 Å².